The summed E-state index contributed by atoms with van der Waals surface area (Å²) in [6.07, 6.45) is 0. The van der Waals surface area contributed by atoms with E-state index in [1.807, 2.05) is 0 Å². The van der Waals surface area contributed by atoms with Crippen molar-refractivity contribution >= 4 is 5.71 Å². The minimum atomic E-state index is 0. The summed E-state index contributed by atoms with van der Waals surface area (Å²) < 4.78 is 0. The van der Waals surface area contributed by atoms with Crippen molar-refractivity contribution in [3.63, 3.8) is 0 Å². The monoisotopic (exact) mass is 1050 g/mol. The van der Waals surface area contributed by atoms with Crippen molar-refractivity contribution in [2.75, 3.05) is 0 Å². The average Bonchev–Trinajstić information content (AvgIpc) is 0.811. The van der Waals surface area contributed by atoms with Gasteiger partial charge in [-0.25, -0.2) is 5.71 Å². The third-order valence-electron chi connectivity index (χ3n) is 0. The Morgan fingerprint density at radius 3 is 0.500 bits per heavy atom. The summed E-state index contributed by atoms with van der Waals surface area (Å²) in [4.78, 5) is 0. The fourth-order valence-electron chi connectivity index (χ4n) is 0. The molecule has 0 amide bonds. The maximum Gasteiger partial charge on any atom is 0 e. The summed E-state index contributed by atoms with van der Waals surface area (Å²) in [5.41, 5.74) is 0.417. The molecule has 0 aromatic rings. The van der Waals surface area contributed by atoms with E-state index >= 15 is 0 Å². The van der Waals surface area contributed by atoms with Gasteiger partial charge in [-0.2, -0.15) is 0 Å². The molecule has 65 valence electrons. The van der Waals surface area contributed by atoms with Gasteiger partial charge in [0.15, 0.2) is 0 Å². The molecule has 0 atom stereocenters. The molecular weight excluding hydrogens is 1040 g/mol. The zero-order valence-corrected chi connectivity index (χ0v) is 41.5. The summed E-state index contributed by atoms with van der Waals surface area (Å²) in [6, 6.07) is 0. The molecular formula is C4H9NY11-2. The van der Waals surface area contributed by atoms with Crippen molar-refractivity contribution in [3.8, 4) is 0 Å². The fraction of sp³-hybridized carbons (Fsp3) is 0.500. The van der Waals surface area contributed by atoms with Gasteiger partial charge in [-0.05, 0) is 0 Å². The quantitative estimate of drug-likeness (QED) is 0.260. The maximum absolute atomic E-state index is 7.97. The second-order valence-electron chi connectivity index (χ2n) is 0.947. The van der Waals surface area contributed by atoms with Crippen LogP contribution in [0.3, 0.4) is 0 Å². The van der Waals surface area contributed by atoms with E-state index in [-0.39, 0.29) is 367 Å². The Balaban J connectivity index is -0.000000000682. The Bertz CT molecular complexity index is 41.0. The van der Waals surface area contributed by atoms with E-state index in [2.05, 4.69) is 0 Å². The molecule has 0 aliphatic heterocycles. The fourth-order valence-corrected chi connectivity index (χ4v) is 0. The molecule has 0 fully saturated rings. The first-order chi connectivity index (χ1) is 1.73. The standard InChI is InChI=1S/C3H6N.CH3.11Y/c1-3(2)4;;;;;;;;;;;;/h1-2H3;1H3;;;;;;;;;;;/q2*-1;;;;;;;;;;;. The molecule has 0 saturated heterocycles. The van der Waals surface area contributed by atoms with Crippen molar-refractivity contribution in [2.24, 2.45) is 0 Å². The molecule has 12 heteroatoms. The van der Waals surface area contributed by atoms with E-state index < -0.39 is 0 Å². The van der Waals surface area contributed by atoms with Gasteiger partial charge in [-0.3, -0.25) is 0 Å². The van der Waals surface area contributed by atoms with Gasteiger partial charge in [0.1, 0.15) is 0 Å². The van der Waals surface area contributed by atoms with Crippen LogP contribution >= 0.6 is 0 Å². The van der Waals surface area contributed by atoms with Gasteiger partial charge in [0.05, 0.1) is 0 Å². The molecule has 1 nitrogen and oxygen atoms in total. The number of hydrogen-bond acceptors (Lipinski definition) is 0. The molecule has 0 unspecified atom stereocenters. The first kappa shape index (κ1) is 91.1. The van der Waals surface area contributed by atoms with Gasteiger partial charge in [-0.1, -0.05) is 13.8 Å². The molecule has 0 heterocycles. The van der Waals surface area contributed by atoms with Crippen molar-refractivity contribution in [2.45, 2.75) is 13.8 Å². The number of hydrogen-bond donors (Lipinski definition) is 0. The second-order valence-corrected chi connectivity index (χ2v) is 0.947. The van der Waals surface area contributed by atoms with Gasteiger partial charge in [-0.15, -0.1) is 0 Å². The minimum absolute atomic E-state index is 0. The van der Waals surface area contributed by atoms with E-state index in [1.165, 1.54) is 0 Å². The van der Waals surface area contributed by atoms with Crippen LogP contribution in [0.2, 0.25) is 0 Å². The second kappa shape index (κ2) is 81.4. The Morgan fingerprint density at radius 1 is 0.500 bits per heavy atom. The normalized spacial score (nSPS) is 1.62. The molecule has 0 N–H and O–H groups in total. The zero-order valence-electron chi connectivity index (χ0n) is 10.3. The largest absolute Gasteiger partial charge is 0.812 e. The summed E-state index contributed by atoms with van der Waals surface area (Å²) in [7, 11) is 0. The van der Waals surface area contributed by atoms with Crippen LogP contribution in [0.5, 0.6) is 0 Å². The van der Waals surface area contributed by atoms with E-state index in [1.54, 1.807) is 13.8 Å². The maximum atomic E-state index is 7.97. The molecule has 16 heavy (non-hydrogen) atoms. The number of nitrogens with zero attached hydrogens (tertiary/aromatic N) is 1. The van der Waals surface area contributed by atoms with Crippen LogP contribution in [0.15, 0.2) is 0 Å². The third kappa shape index (κ3) is 114. The van der Waals surface area contributed by atoms with E-state index in [0.29, 0.717) is 5.71 Å². The Kier molecular flexibility index (Phi) is 464. The van der Waals surface area contributed by atoms with E-state index in [4.69, 9.17) is 5.41 Å². The summed E-state index contributed by atoms with van der Waals surface area (Å²) >= 11 is 0. The molecule has 0 aliphatic rings. The van der Waals surface area contributed by atoms with Gasteiger partial charge >= 0.3 is 0 Å². The molecule has 11 radical (unpaired) electrons. The molecule has 0 spiro atoms. The molecule has 0 saturated carbocycles. The molecule has 0 aliphatic carbocycles. The first-order valence-corrected chi connectivity index (χ1v) is 1.22. The average molecular weight is 1050 g/mol. The SMILES string of the molecule is CC(C)=[N-].[CH3-].[Y].[Y].[Y].[Y].[Y].[Y].[Y].[Y].[Y].[Y].[Y]. The van der Waals surface area contributed by atoms with E-state index in [9.17, 15) is 0 Å². The molecule has 0 aromatic carbocycles. The van der Waals surface area contributed by atoms with Crippen LogP contribution < -0.4 is 0 Å². The summed E-state index contributed by atoms with van der Waals surface area (Å²) in [5, 5.41) is 7.97. The Morgan fingerprint density at radius 2 is 0.500 bits per heavy atom. The predicted molar refractivity (Wildman–Crippen MR) is 26.1 cm³/mol. The van der Waals surface area contributed by atoms with Crippen LogP contribution in [-0.2, 0) is 360 Å². The smallest absolute Gasteiger partial charge is 0 e. The Labute approximate surface area is 379 Å². The number of rotatable bonds is 0. The van der Waals surface area contributed by atoms with Gasteiger partial charge in [0.25, 0.3) is 0 Å². The topological polar surface area (TPSA) is 22.3 Å². The van der Waals surface area contributed by atoms with Gasteiger partial charge in [0, 0.05) is 360 Å². The van der Waals surface area contributed by atoms with E-state index in [0.717, 1.165) is 0 Å². The minimum Gasteiger partial charge on any atom is -0.812 e. The van der Waals surface area contributed by atoms with Crippen molar-refractivity contribution in [3.05, 3.63) is 12.8 Å². The first-order valence-electron chi connectivity index (χ1n) is 1.22. The Hall–Kier alpha value is 11.8. The van der Waals surface area contributed by atoms with Crippen molar-refractivity contribution in [1.29, 1.82) is 0 Å². The van der Waals surface area contributed by atoms with Crippen LogP contribution in [0.25, 0.3) is 5.41 Å². The van der Waals surface area contributed by atoms with Crippen molar-refractivity contribution < 1.29 is 360 Å². The molecule has 0 aromatic heterocycles. The predicted octanol–water partition coefficient (Wildman–Crippen LogP) is 1.46. The van der Waals surface area contributed by atoms with Crippen molar-refractivity contribution in [1.82, 2.24) is 0 Å². The molecule has 0 rings (SSSR count). The van der Waals surface area contributed by atoms with Crippen LogP contribution in [0.4, 0.5) is 0 Å². The third-order valence-corrected chi connectivity index (χ3v) is 0. The summed E-state index contributed by atoms with van der Waals surface area (Å²) in [5.74, 6) is 0. The zero-order chi connectivity index (χ0) is 3.58. The van der Waals surface area contributed by atoms with Crippen LogP contribution in [0.1, 0.15) is 13.8 Å². The van der Waals surface area contributed by atoms with Gasteiger partial charge in [0.2, 0.25) is 0 Å². The van der Waals surface area contributed by atoms with Crippen LogP contribution in [-0.4, -0.2) is 5.71 Å². The van der Waals surface area contributed by atoms with Gasteiger partial charge < -0.3 is 12.8 Å². The van der Waals surface area contributed by atoms with Crippen LogP contribution in [0, 0.1) is 7.43 Å². The summed E-state index contributed by atoms with van der Waals surface area (Å²) in [6.45, 7) is 3.28. The molecule has 0 bridgehead atoms.